The van der Waals surface area contributed by atoms with Crippen LogP contribution in [0.2, 0.25) is 0 Å². The quantitative estimate of drug-likeness (QED) is 0.378. The normalized spacial score (nSPS) is 32.1. The molecule has 3 rings (SSSR count). The Hall–Kier alpha value is 0.300. The van der Waals surface area contributed by atoms with Gasteiger partial charge in [0.25, 0.3) is 0 Å². The molecule has 4 unspecified atom stereocenters. The lowest BCUT2D eigenvalue weighted by molar-refractivity contribution is 0.414. The standard InChI is InChI=1S/C16H18O2P2S4/c1-17-12-5-3-11(4-6-12)16(22)15(21)20(24,19(16)23)14-9-7-13(18-2)8-10-14/h3-10,15,23-24H,1-2H3,(H-,21,22)/p+1. The van der Waals surface area contributed by atoms with Gasteiger partial charge in [0.1, 0.15) is 23.0 Å². The summed E-state index contributed by atoms with van der Waals surface area (Å²) >= 11 is 20.0. The molecule has 1 aliphatic heterocycles. The van der Waals surface area contributed by atoms with E-state index in [1.165, 1.54) is 5.30 Å². The molecule has 1 aliphatic rings. The van der Waals surface area contributed by atoms with Crippen LogP contribution >= 0.6 is 62.7 Å². The zero-order valence-corrected chi connectivity index (χ0v) is 18.6. The third-order valence-corrected chi connectivity index (χ3v) is 25.3. The van der Waals surface area contributed by atoms with Crippen molar-refractivity contribution in [2.75, 3.05) is 14.2 Å². The number of benzene rings is 2. The predicted octanol–water partition coefficient (Wildman–Crippen LogP) is 5.49. The monoisotopic (exact) mass is 433 g/mol. The SMILES string of the molecule is COc1ccc(C2(S)C(S)[P+](S)(c3ccc(OC)cc3)P2S)cc1. The van der Waals surface area contributed by atoms with Crippen molar-refractivity contribution in [1.29, 1.82) is 0 Å². The van der Waals surface area contributed by atoms with E-state index < -0.39 is 13.0 Å². The van der Waals surface area contributed by atoms with Crippen LogP contribution in [0.25, 0.3) is 0 Å². The van der Waals surface area contributed by atoms with Crippen molar-refractivity contribution in [2.24, 2.45) is 0 Å². The van der Waals surface area contributed by atoms with Crippen molar-refractivity contribution in [3.63, 3.8) is 0 Å². The average Bonchev–Trinajstić information content (AvgIpc) is 2.65. The first-order chi connectivity index (χ1) is 11.4. The van der Waals surface area contributed by atoms with E-state index in [1.807, 2.05) is 36.4 Å². The Morgan fingerprint density at radius 2 is 1.42 bits per heavy atom. The summed E-state index contributed by atoms with van der Waals surface area (Å²) in [4.78, 5) is 0.0297. The van der Waals surface area contributed by atoms with Gasteiger partial charge in [0.05, 0.1) is 14.2 Å². The van der Waals surface area contributed by atoms with E-state index in [0.29, 0.717) is 0 Å². The van der Waals surface area contributed by atoms with Crippen molar-refractivity contribution in [3.05, 3.63) is 54.1 Å². The second-order valence-electron chi connectivity index (χ2n) is 5.47. The minimum Gasteiger partial charge on any atom is -0.497 e. The highest BCUT2D eigenvalue weighted by Gasteiger charge is 2.76. The number of hydrogen-bond acceptors (Lipinski definition) is 6. The second-order valence-corrected chi connectivity index (χ2v) is 19.1. The summed E-state index contributed by atoms with van der Waals surface area (Å²) < 4.78 is 10.1. The molecule has 0 aliphatic carbocycles. The van der Waals surface area contributed by atoms with E-state index in [1.54, 1.807) is 14.2 Å². The summed E-state index contributed by atoms with van der Waals surface area (Å²) in [5, 5.41) is 1.20. The summed E-state index contributed by atoms with van der Waals surface area (Å²) in [5.74, 6) is 1.67. The Kier molecular flexibility index (Phi) is 5.67. The summed E-state index contributed by atoms with van der Waals surface area (Å²) in [6, 6.07) is 16.1. The molecule has 1 heterocycles. The molecule has 0 radical (unpaired) electrons. The van der Waals surface area contributed by atoms with Crippen LogP contribution in [0.4, 0.5) is 0 Å². The Bertz CT molecular complexity index is 652. The van der Waals surface area contributed by atoms with Crippen LogP contribution in [0.5, 0.6) is 11.5 Å². The van der Waals surface area contributed by atoms with Gasteiger partial charge >= 0.3 is 0 Å². The zero-order chi connectivity index (χ0) is 17.5. The molecule has 128 valence electrons. The van der Waals surface area contributed by atoms with Gasteiger partial charge in [0.2, 0.25) is 0 Å². The molecular formula is C16H19O2P2S4+. The lowest BCUT2D eigenvalue weighted by Gasteiger charge is -2.53. The second kappa shape index (κ2) is 7.13. The maximum absolute atomic E-state index is 5.25. The maximum atomic E-state index is 5.25. The van der Waals surface area contributed by atoms with Gasteiger partial charge in [-0.1, -0.05) is 12.1 Å². The van der Waals surface area contributed by atoms with Crippen LogP contribution in [-0.2, 0) is 4.49 Å². The van der Waals surface area contributed by atoms with E-state index in [4.69, 9.17) is 59.2 Å². The van der Waals surface area contributed by atoms with E-state index in [0.717, 1.165) is 17.1 Å². The van der Waals surface area contributed by atoms with Gasteiger partial charge in [-0.15, -0.1) is 24.9 Å². The number of hydrogen-bond donors (Lipinski definition) is 4. The molecule has 0 bridgehead atoms. The Labute approximate surface area is 166 Å². The molecule has 24 heavy (non-hydrogen) atoms. The Morgan fingerprint density at radius 3 is 1.83 bits per heavy atom. The molecule has 8 heteroatoms. The van der Waals surface area contributed by atoms with Crippen LogP contribution < -0.4 is 14.8 Å². The van der Waals surface area contributed by atoms with Crippen LogP contribution in [0.3, 0.4) is 0 Å². The van der Waals surface area contributed by atoms with Gasteiger partial charge in [0.15, 0.2) is 16.3 Å². The van der Waals surface area contributed by atoms with Crippen molar-refractivity contribution in [1.82, 2.24) is 0 Å². The highest BCUT2D eigenvalue weighted by atomic mass is 33.1. The summed E-state index contributed by atoms with van der Waals surface area (Å²) in [6.45, 7) is -0.752. The highest BCUT2D eigenvalue weighted by molar-refractivity contribution is 8.98. The van der Waals surface area contributed by atoms with E-state index in [9.17, 15) is 0 Å². The van der Waals surface area contributed by atoms with Crippen LogP contribution in [0, 0.1) is 0 Å². The molecule has 0 spiro atoms. The molecule has 0 aromatic heterocycles. The molecule has 0 saturated carbocycles. The number of rotatable bonds is 4. The first-order valence-corrected chi connectivity index (χ1v) is 14.4. The van der Waals surface area contributed by atoms with Gasteiger partial charge in [0, 0.05) is 12.2 Å². The summed E-state index contributed by atoms with van der Waals surface area (Å²) in [7, 11) is 3.33. The van der Waals surface area contributed by atoms with Crippen molar-refractivity contribution in [3.8, 4) is 11.5 Å². The van der Waals surface area contributed by atoms with Crippen molar-refractivity contribution >= 4 is 68.0 Å². The number of thiol groups is 4. The van der Waals surface area contributed by atoms with Crippen molar-refractivity contribution < 1.29 is 9.47 Å². The van der Waals surface area contributed by atoms with Crippen LogP contribution in [-0.4, -0.2) is 19.2 Å². The highest BCUT2D eigenvalue weighted by Crippen LogP contribution is 3.08. The van der Waals surface area contributed by atoms with Gasteiger partial charge in [-0.25, -0.2) is 0 Å². The molecule has 2 nitrogen and oxygen atoms in total. The van der Waals surface area contributed by atoms with Crippen LogP contribution in [0.15, 0.2) is 48.5 Å². The summed E-state index contributed by atoms with van der Waals surface area (Å²) in [6.07, 6.45) is -1.79. The molecule has 4 atom stereocenters. The lowest BCUT2D eigenvalue weighted by Crippen LogP contribution is -2.41. The summed E-state index contributed by atoms with van der Waals surface area (Å²) in [5.41, 5.74) is 1.12. The van der Waals surface area contributed by atoms with Gasteiger partial charge < -0.3 is 9.47 Å². The number of ether oxygens (including phenoxy) is 2. The Morgan fingerprint density at radius 1 is 0.958 bits per heavy atom. The molecule has 1 saturated heterocycles. The fourth-order valence-electron chi connectivity index (χ4n) is 2.79. The molecule has 0 amide bonds. The molecular weight excluding hydrogens is 414 g/mol. The molecule has 2 aromatic rings. The van der Waals surface area contributed by atoms with E-state index in [2.05, 4.69) is 12.1 Å². The van der Waals surface area contributed by atoms with E-state index >= 15 is 0 Å². The van der Waals surface area contributed by atoms with Crippen LogP contribution in [0.1, 0.15) is 5.56 Å². The largest absolute Gasteiger partial charge is 0.497 e. The molecule has 0 N–H and O–H groups in total. The average molecular weight is 434 g/mol. The number of methoxy groups -OCH3 is 2. The topological polar surface area (TPSA) is 18.5 Å². The third kappa shape index (κ3) is 2.78. The lowest BCUT2D eigenvalue weighted by atomic mass is 10.1. The zero-order valence-electron chi connectivity index (χ0n) is 13.2. The fraction of sp³-hybridized carbons (Fsp3) is 0.250. The smallest absolute Gasteiger partial charge is 0.156 e. The first kappa shape index (κ1) is 19.1. The molecule has 1 fully saturated rings. The first-order valence-electron chi connectivity index (χ1n) is 7.19. The minimum absolute atomic E-state index is 0.0297. The minimum atomic E-state index is -1.79. The molecule has 2 aromatic carbocycles. The van der Waals surface area contributed by atoms with E-state index in [-0.39, 0.29) is 9.48 Å². The van der Waals surface area contributed by atoms with Gasteiger partial charge in [-0.2, -0.15) is 12.6 Å². The fourth-order valence-corrected chi connectivity index (χ4v) is 21.6. The van der Waals surface area contributed by atoms with Gasteiger partial charge in [-0.3, -0.25) is 0 Å². The van der Waals surface area contributed by atoms with Crippen molar-refractivity contribution in [2.45, 2.75) is 9.48 Å². The third-order valence-electron chi connectivity index (χ3n) is 4.26. The predicted molar refractivity (Wildman–Crippen MR) is 121 cm³/mol. The van der Waals surface area contributed by atoms with Gasteiger partial charge in [-0.05, 0) is 42.0 Å². The maximum Gasteiger partial charge on any atom is 0.156 e. The Balaban J connectivity index is 1.93.